The summed E-state index contributed by atoms with van der Waals surface area (Å²) in [6.07, 6.45) is 1.57. The Labute approximate surface area is 211 Å². The molecule has 0 spiro atoms. The first-order valence-electron chi connectivity index (χ1n) is 10.8. The van der Waals surface area contributed by atoms with E-state index in [-0.39, 0.29) is 23.0 Å². The van der Waals surface area contributed by atoms with E-state index < -0.39 is 22.2 Å². The van der Waals surface area contributed by atoms with Crippen LogP contribution in [-0.2, 0) is 22.2 Å². The minimum atomic E-state index is -3.91. The number of methoxy groups -OCH3 is 3. The Morgan fingerprint density at radius 3 is 2.43 bits per heavy atom. The largest absolute Gasteiger partial charge is 0.493 e. The number of aromatic amines is 1. The molecular weight excluding hydrogens is 512 g/mol. The van der Waals surface area contributed by atoms with Crippen molar-refractivity contribution in [3.8, 4) is 28.7 Å². The van der Waals surface area contributed by atoms with E-state index in [1.807, 2.05) is 0 Å². The molecule has 0 aliphatic heterocycles. The molecule has 2 aromatic carbocycles. The van der Waals surface area contributed by atoms with E-state index in [9.17, 15) is 17.2 Å². The first-order valence-corrected chi connectivity index (χ1v) is 12.4. The number of hydrogen-bond donors (Lipinski definition) is 1. The van der Waals surface area contributed by atoms with E-state index in [0.29, 0.717) is 39.8 Å². The van der Waals surface area contributed by atoms with Crippen molar-refractivity contribution in [2.45, 2.75) is 24.1 Å². The molecule has 0 bridgehead atoms. The molecule has 37 heavy (non-hydrogen) atoms. The van der Waals surface area contributed by atoms with Gasteiger partial charge in [0.15, 0.2) is 23.0 Å². The molecule has 0 unspecified atom stereocenters. The Hall–Kier alpha value is -4.13. The summed E-state index contributed by atoms with van der Waals surface area (Å²) >= 11 is 0. The van der Waals surface area contributed by atoms with Crippen LogP contribution in [0, 0.1) is 0 Å². The van der Waals surface area contributed by atoms with Crippen LogP contribution in [0.25, 0.3) is 11.0 Å². The zero-order chi connectivity index (χ0) is 26.6. The third-order valence-electron chi connectivity index (χ3n) is 5.27. The Kier molecular flexibility index (Phi) is 7.62. The number of aromatic nitrogens is 3. The molecule has 0 saturated heterocycles. The van der Waals surface area contributed by atoms with Crippen LogP contribution < -0.4 is 23.7 Å². The van der Waals surface area contributed by atoms with Crippen LogP contribution in [0.4, 0.5) is 8.78 Å². The van der Waals surface area contributed by atoms with Gasteiger partial charge in [-0.05, 0) is 29.8 Å². The van der Waals surface area contributed by atoms with E-state index in [1.54, 1.807) is 30.5 Å². The molecule has 1 N–H and O–H groups in total. The van der Waals surface area contributed by atoms with Crippen molar-refractivity contribution < 1.29 is 40.9 Å². The second-order valence-corrected chi connectivity index (χ2v) is 9.53. The highest BCUT2D eigenvalue weighted by Gasteiger charge is 2.22. The Bertz CT molecular complexity index is 1510. The second-order valence-electron chi connectivity index (χ2n) is 7.63. The number of halogens is 2. The van der Waals surface area contributed by atoms with Crippen molar-refractivity contribution in [3.05, 3.63) is 59.9 Å². The summed E-state index contributed by atoms with van der Waals surface area (Å²) in [5.74, 6) is 1.11. The minimum Gasteiger partial charge on any atom is -0.493 e. The van der Waals surface area contributed by atoms with Crippen molar-refractivity contribution in [1.29, 1.82) is 0 Å². The average Bonchev–Trinajstić information content (AvgIpc) is 3.31. The van der Waals surface area contributed by atoms with E-state index in [4.69, 9.17) is 18.9 Å². The van der Waals surface area contributed by atoms with Crippen LogP contribution >= 0.6 is 0 Å². The summed E-state index contributed by atoms with van der Waals surface area (Å²) in [6, 6.07) is 10.3. The van der Waals surface area contributed by atoms with Crippen LogP contribution in [0.3, 0.4) is 0 Å². The lowest BCUT2D eigenvalue weighted by Gasteiger charge is -2.14. The van der Waals surface area contributed by atoms with Gasteiger partial charge in [0.2, 0.25) is 15.0 Å². The van der Waals surface area contributed by atoms with Gasteiger partial charge in [0.05, 0.1) is 38.1 Å². The summed E-state index contributed by atoms with van der Waals surface area (Å²) < 4.78 is 77.2. The maximum atomic E-state index is 13.0. The summed E-state index contributed by atoms with van der Waals surface area (Å²) in [4.78, 5) is 11.0. The van der Waals surface area contributed by atoms with Crippen LogP contribution in [0.1, 0.15) is 11.3 Å². The van der Waals surface area contributed by atoms with E-state index in [1.165, 1.54) is 39.5 Å². The van der Waals surface area contributed by atoms with Gasteiger partial charge in [-0.3, -0.25) is 4.98 Å². The highest BCUT2D eigenvalue weighted by atomic mass is 32.2. The molecule has 0 saturated carbocycles. The molecule has 0 fully saturated rings. The first kappa shape index (κ1) is 25.9. The number of imidazole rings is 1. The fraction of sp³-hybridized carbons (Fsp3) is 0.250. The highest BCUT2D eigenvalue weighted by Crippen LogP contribution is 2.33. The third kappa shape index (κ3) is 5.82. The minimum absolute atomic E-state index is 0.0463. The molecule has 0 radical (unpaired) electrons. The van der Waals surface area contributed by atoms with Gasteiger partial charge < -0.3 is 28.7 Å². The lowest BCUT2D eigenvalue weighted by atomic mass is 10.2. The van der Waals surface area contributed by atoms with Crippen molar-refractivity contribution in [2.75, 3.05) is 21.3 Å². The van der Waals surface area contributed by atoms with Crippen LogP contribution in [0.2, 0.25) is 0 Å². The van der Waals surface area contributed by atoms with Gasteiger partial charge in [-0.2, -0.15) is 8.78 Å². The molecule has 13 heteroatoms. The fourth-order valence-electron chi connectivity index (χ4n) is 3.60. The predicted octanol–water partition coefficient (Wildman–Crippen LogP) is 4.14. The number of nitrogens with one attached hydrogen (secondary N) is 1. The molecule has 0 aliphatic carbocycles. The number of rotatable bonds is 11. The Morgan fingerprint density at radius 2 is 1.73 bits per heavy atom. The van der Waals surface area contributed by atoms with Crippen molar-refractivity contribution >= 4 is 20.9 Å². The molecule has 10 nitrogen and oxygen atoms in total. The predicted molar refractivity (Wildman–Crippen MR) is 128 cm³/mol. The van der Waals surface area contributed by atoms with Crippen LogP contribution in [0.15, 0.2) is 53.8 Å². The Morgan fingerprint density at radius 1 is 0.946 bits per heavy atom. The quantitative estimate of drug-likeness (QED) is 0.302. The number of ether oxygens (including phenoxy) is 5. The van der Waals surface area contributed by atoms with Gasteiger partial charge in [0.1, 0.15) is 18.1 Å². The molecule has 0 atom stereocenters. The number of H-pyrrole nitrogens is 1. The van der Waals surface area contributed by atoms with Crippen LogP contribution in [-0.4, -0.2) is 51.3 Å². The van der Waals surface area contributed by atoms with Crippen LogP contribution in [0.5, 0.6) is 28.7 Å². The van der Waals surface area contributed by atoms with Gasteiger partial charge in [-0.1, -0.05) is 6.07 Å². The molecule has 4 aromatic rings. The van der Waals surface area contributed by atoms with Gasteiger partial charge >= 0.3 is 6.61 Å². The number of hydrogen-bond acceptors (Lipinski definition) is 9. The van der Waals surface area contributed by atoms with E-state index in [2.05, 4.69) is 19.7 Å². The van der Waals surface area contributed by atoms with E-state index >= 15 is 0 Å². The summed E-state index contributed by atoms with van der Waals surface area (Å²) in [5, 5.41) is -0.299. The van der Waals surface area contributed by atoms with Gasteiger partial charge in [-0.15, -0.1) is 0 Å². The monoisotopic (exact) mass is 535 g/mol. The van der Waals surface area contributed by atoms with Gasteiger partial charge in [0.25, 0.3) is 0 Å². The summed E-state index contributed by atoms with van der Waals surface area (Å²) in [5.41, 5.74) is 1.47. The van der Waals surface area contributed by atoms with Gasteiger partial charge in [0, 0.05) is 18.3 Å². The number of pyridine rings is 1. The third-order valence-corrected chi connectivity index (χ3v) is 6.76. The molecule has 0 amide bonds. The number of fused-ring (bicyclic) bond motifs is 1. The van der Waals surface area contributed by atoms with Crippen molar-refractivity contribution in [3.63, 3.8) is 0 Å². The zero-order valence-corrected chi connectivity index (χ0v) is 20.8. The number of alkyl halides is 2. The molecule has 196 valence electrons. The lowest BCUT2D eigenvalue weighted by Crippen LogP contribution is -2.08. The fourth-order valence-corrected chi connectivity index (χ4v) is 4.86. The molecule has 2 heterocycles. The van der Waals surface area contributed by atoms with Gasteiger partial charge in [-0.25, -0.2) is 13.4 Å². The molecule has 2 aromatic heterocycles. The second kappa shape index (κ2) is 10.9. The maximum absolute atomic E-state index is 13.0. The average molecular weight is 536 g/mol. The summed E-state index contributed by atoms with van der Waals surface area (Å²) in [6.45, 7) is -2.95. The van der Waals surface area contributed by atoms with E-state index in [0.717, 1.165) is 0 Å². The van der Waals surface area contributed by atoms with Crippen molar-refractivity contribution in [1.82, 2.24) is 15.0 Å². The normalized spacial score (nSPS) is 11.5. The zero-order valence-electron chi connectivity index (χ0n) is 20.0. The topological polar surface area (TPSA) is 122 Å². The standard InChI is InChI=1S/C24H23F2N3O7S/c1-32-20-8-9-27-18(22(20)34-3)12-35-19-7-4-14(10-21(19)33-2)13-37(30,31)24-28-16-6-5-15(36-23(25)26)11-17(16)29-24/h4-11,23H,12-13H2,1-3H3,(H,28,29). The number of sulfone groups is 1. The maximum Gasteiger partial charge on any atom is 0.387 e. The van der Waals surface area contributed by atoms with Crippen molar-refractivity contribution in [2.24, 2.45) is 0 Å². The lowest BCUT2D eigenvalue weighted by molar-refractivity contribution is -0.0497. The Balaban J connectivity index is 1.52. The molecule has 0 aliphatic rings. The smallest absolute Gasteiger partial charge is 0.387 e. The highest BCUT2D eigenvalue weighted by molar-refractivity contribution is 7.90. The molecular formula is C24H23F2N3O7S. The number of benzene rings is 2. The number of nitrogens with zero attached hydrogens (tertiary/aromatic N) is 2. The molecule has 4 rings (SSSR count). The summed E-state index contributed by atoms with van der Waals surface area (Å²) in [7, 11) is 0.534. The SMILES string of the molecule is COc1cc(CS(=O)(=O)c2nc3ccc(OC(F)F)cc3[nH]2)ccc1OCc1nccc(OC)c1OC. The first-order chi connectivity index (χ1) is 17.7.